The molecule has 0 aromatic heterocycles. The number of hydrogen-bond donors (Lipinski definition) is 0. The first-order valence-electron chi connectivity index (χ1n) is 5.98. The molecule has 18 heavy (non-hydrogen) atoms. The lowest BCUT2D eigenvalue weighted by molar-refractivity contribution is -0.119. The molecule has 1 unspecified atom stereocenters. The van der Waals surface area contributed by atoms with E-state index >= 15 is 0 Å². The third-order valence-electron chi connectivity index (χ3n) is 2.90. The van der Waals surface area contributed by atoms with Crippen molar-refractivity contribution in [1.29, 1.82) is 0 Å². The molecule has 2 nitrogen and oxygen atoms in total. The number of carbonyl (C=O) groups excluding carboxylic acids is 1. The van der Waals surface area contributed by atoms with E-state index in [4.69, 9.17) is 0 Å². The van der Waals surface area contributed by atoms with Crippen molar-refractivity contribution in [3.63, 3.8) is 0 Å². The summed E-state index contributed by atoms with van der Waals surface area (Å²) in [5.41, 5.74) is 0. The highest BCUT2D eigenvalue weighted by Crippen LogP contribution is 2.18. The van der Waals surface area contributed by atoms with Gasteiger partial charge in [-0.05, 0) is 22.9 Å². The molecule has 0 fully saturated rings. The van der Waals surface area contributed by atoms with Crippen LogP contribution in [-0.2, 0) is 15.6 Å². The Morgan fingerprint density at radius 1 is 1.11 bits per heavy atom. The van der Waals surface area contributed by atoms with Gasteiger partial charge in [0.25, 0.3) is 0 Å². The number of fused-ring (bicyclic) bond motifs is 1. The summed E-state index contributed by atoms with van der Waals surface area (Å²) in [6.45, 7) is 3.67. The summed E-state index contributed by atoms with van der Waals surface area (Å²) in [6.07, 6.45) is 0. The van der Waals surface area contributed by atoms with Crippen molar-refractivity contribution in [1.82, 2.24) is 0 Å². The van der Waals surface area contributed by atoms with Crippen LogP contribution in [0.3, 0.4) is 0 Å². The third kappa shape index (κ3) is 2.85. The molecule has 2 rings (SSSR count). The van der Waals surface area contributed by atoms with Crippen LogP contribution in [0.1, 0.15) is 13.8 Å². The summed E-state index contributed by atoms with van der Waals surface area (Å²) in [5.74, 6) is 0.0895. The number of hydrogen-bond acceptors (Lipinski definition) is 2. The number of carbonyl (C=O) groups is 1. The zero-order valence-electron chi connectivity index (χ0n) is 10.6. The molecule has 0 amide bonds. The molecule has 0 heterocycles. The molecule has 0 aliphatic carbocycles. The lowest BCUT2D eigenvalue weighted by atomic mass is 10.1. The van der Waals surface area contributed by atoms with Gasteiger partial charge in [0.05, 0.1) is 16.6 Å². The Kier molecular flexibility index (Phi) is 3.92. The highest BCUT2D eigenvalue weighted by atomic mass is 32.2. The second-order valence-electron chi connectivity index (χ2n) is 4.62. The fraction of sp³-hybridized carbons (Fsp3) is 0.267. The van der Waals surface area contributed by atoms with E-state index in [2.05, 4.69) is 0 Å². The Hall–Kier alpha value is -1.48. The van der Waals surface area contributed by atoms with Gasteiger partial charge in [-0.2, -0.15) is 0 Å². The van der Waals surface area contributed by atoms with E-state index in [0.29, 0.717) is 0 Å². The summed E-state index contributed by atoms with van der Waals surface area (Å²) in [5, 5.41) is 2.17. The molecular formula is C15H16O2S. The van der Waals surface area contributed by atoms with Gasteiger partial charge in [-0.3, -0.25) is 9.00 Å². The smallest absolute Gasteiger partial charge is 0.148 e. The van der Waals surface area contributed by atoms with E-state index in [9.17, 15) is 9.00 Å². The van der Waals surface area contributed by atoms with E-state index in [1.807, 2.05) is 56.3 Å². The molecule has 2 aromatic carbocycles. The van der Waals surface area contributed by atoms with Crippen LogP contribution in [0.2, 0.25) is 0 Å². The van der Waals surface area contributed by atoms with Crippen LogP contribution in [0.25, 0.3) is 10.8 Å². The number of ketones is 1. The summed E-state index contributed by atoms with van der Waals surface area (Å²) < 4.78 is 12.1. The van der Waals surface area contributed by atoms with Gasteiger partial charge in [0.2, 0.25) is 0 Å². The second kappa shape index (κ2) is 5.44. The zero-order chi connectivity index (χ0) is 13.1. The molecule has 0 spiro atoms. The number of rotatable bonds is 4. The molecule has 0 N–H and O–H groups in total. The van der Waals surface area contributed by atoms with E-state index in [-0.39, 0.29) is 17.5 Å². The van der Waals surface area contributed by atoms with E-state index < -0.39 is 10.8 Å². The largest absolute Gasteiger partial charge is 0.298 e. The molecular weight excluding hydrogens is 244 g/mol. The highest BCUT2D eigenvalue weighted by Gasteiger charge is 2.13. The Morgan fingerprint density at radius 3 is 2.44 bits per heavy atom. The minimum Gasteiger partial charge on any atom is -0.298 e. The van der Waals surface area contributed by atoms with Gasteiger partial charge < -0.3 is 0 Å². The Morgan fingerprint density at radius 2 is 1.78 bits per heavy atom. The predicted molar refractivity (Wildman–Crippen MR) is 75.1 cm³/mol. The Balaban J connectivity index is 2.26. The monoisotopic (exact) mass is 260 g/mol. The molecule has 0 aliphatic rings. The lowest BCUT2D eigenvalue weighted by Gasteiger charge is -2.05. The maximum Gasteiger partial charge on any atom is 0.148 e. The maximum absolute atomic E-state index is 12.1. The lowest BCUT2D eigenvalue weighted by Crippen LogP contribution is -2.16. The molecule has 0 aliphatic heterocycles. The van der Waals surface area contributed by atoms with Crippen molar-refractivity contribution in [2.75, 3.05) is 5.75 Å². The van der Waals surface area contributed by atoms with Crippen molar-refractivity contribution >= 4 is 27.4 Å². The second-order valence-corrected chi connectivity index (χ2v) is 6.07. The zero-order valence-corrected chi connectivity index (χ0v) is 11.4. The number of Topliss-reactive ketones (excluding diaryl/α,β-unsaturated/α-hetero) is 1. The normalized spacial score (nSPS) is 12.8. The van der Waals surface area contributed by atoms with Crippen molar-refractivity contribution in [3.05, 3.63) is 42.5 Å². The molecule has 0 saturated heterocycles. The average Bonchev–Trinajstić information content (AvgIpc) is 2.37. The SMILES string of the molecule is CC(C)C(=O)CS(=O)c1ccc2ccccc2c1. The van der Waals surface area contributed by atoms with Gasteiger partial charge in [-0.25, -0.2) is 0 Å². The summed E-state index contributed by atoms with van der Waals surface area (Å²) in [7, 11) is -1.24. The molecule has 3 heteroatoms. The topological polar surface area (TPSA) is 34.1 Å². The van der Waals surface area contributed by atoms with Crippen LogP contribution < -0.4 is 0 Å². The van der Waals surface area contributed by atoms with Crippen molar-refractivity contribution in [2.24, 2.45) is 5.92 Å². The standard InChI is InChI=1S/C15H16O2S/c1-11(2)15(16)10-18(17)14-8-7-12-5-3-4-6-13(12)9-14/h3-9,11H,10H2,1-2H3. The van der Waals surface area contributed by atoms with Crippen molar-refractivity contribution < 1.29 is 9.00 Å². The first-order chi connectivity index (χ1) is 8.58. The summed E-state index contributed by atoms with van der Waals surface area (Å²) in [6, 6.07) is 13.6. The van der Waals surface area contributed by atoms with Crippen molar-refractivity contribution in [3.8, 4) is 0 Å². The van der Waals surface area contributed by atoms with Gasteiger partial charge >= 0.3 is 0 Å². The van der Waals surface area contributed by atoms with Crippen LogP contribution in [0.5, 0.6) is 0 Å². The van der Waals surface area contributed by atoms with Crippen LogP contribution in [0, 0.1) is 5.92 Å². The van der Waals surface area contributed by atoms with Gasteiger partial charge in [0.1, 0.15) is 5.78 Å². The van der Waals surface area contributed by atoms with E-state index in [0.717, 1.165) is 15.7 Å². The highest BCUT2D eigenvalue weighted by molar-refractivity contribution is 7.85. The minimum absolute atomic E-state index is 0.0430. The molecule has 0 radical (unpaired) electrons. The quantitative estimate of drug-likeness (QED) is 0.846. The summed E-state index contributed by atoms with van der Waals surface area (Å²) >= 11 is 0. The minimum atomic E-state index is -1.24. The van der Waals surface area contributed by atoms with Crippen LogP contribution >= 0.6 is 0 Å². The van der Waals surface area contributed by atoms with Crippen LogP contribution in [-0.4, -0.2) is 15.7 Å². The van der Waals surface area contributed by atoms with Crippen molar-refractivity contribution in [2.45, 2.75) is 18.7 Å². The molecule has 0 saturated carbocycles. The van der Waals surface area contributed by atoms with Gasteiger partial charge in [0.15, 0.2) is 0 Å². The maximum atomic E-state index is 12.1. The summed E-state index contributed by atoms with van der Waals surface area (Å²) in [4.78, 5) is 12.3. The fourth-order valence-electron chi connectivity index (χ4n) is 1.69. The Labute approximate surface area is 109 Å². The number of benzene rings is 2. The van der Waals surface area contributed by atoms with E-state index in [1.54, 1.807) is 0 Å². The molecule has 0 bridgehead atoms. The average molecular weight is 260 g/mol. The van der Waals surface area contributed by atoms with Gasteiger partial charge in [0, 0.05) is 10.8 Å². The molecule has 94 valence electrons. The van der Waals surface area contributed by atoms with E-state index in [1.165, 1.54) is 0 Å². The first-order valence-corrected chi connectivity index (χ1v) is 7.29. The fourth-order valence-corrected chi connectivity index (χ4v) is 2.92. The van der Waals surface area contributed by atoms with Crippen LogP contribution in [0.15, 0.2) is 47.4 Å². The predicted octanol–water partition coefficient (Wildman–Crippen LogP) is 3.17. The van der Waals surface area contributed by atoms with Gasteiger partial charge in [-0.15, -0.1) is 0 Å². The first kappa shape index (κ1) is 13.0. The third-order valence-corrected chi connectivity index (χ3v) is 4.23. The van der Waals surface area contributed by atoms with Gasteiger partial charge in [-0.1, -0.05) is 44.2 Å². The van der Waals surface area contributed by atoms with Crippen LogP contribution in [0.4, 0.5) is 0 Å². The Bertz CT molecular complexity index is 602. The molecule has 2 aromatic rings. The molecule has 1 atom stereocenters.